The Morgan fingerprint density at radius 2 is 2.09 bits per heavy atom. The van der Waals surface area contributed by atoms with E-state index in [1.54, 1.807) is 6.07 Å². The number of nitrogens with two attached hydrogens (primary N) is 1. The zero-order chi connectivity index (χ0) is 8.85. The van der Waals surface area contributed by atoms with E-state index in [4.69, 9.17) is 5.73 Å². The van der Waals surface area contributed by atoms with E-state index in [9.17, 15) is 4.79 Å². The van der Waals surface area contributed by atoms with Crippen LogP contribution in [-0.4, -0.2) is 5.91 Å². The van der Waals surface area contributed by atoms with Gasteiger partial charge in [-0.2, -0.15) is 0 Å². The molecule has 2 nitrogen and oxygen atoms in total. The molecule has 11 heavy (non-hydrogen) atoms. The Kier molecular flexibility index (Phi) is 4.54. The van der Waals surface area contributed by atoms with Crippen LogP contribution in [0.3, 0.4) is 0 Å². The molecule has 0 aromatic carbocycles. The van der Waals surface area contributed by atoms with E-state index in [1.165, 1.54) is 11.3 Å². The van der Waals surface area contributed by atoms with E-state index in [-0.39, 0.29) is 5.91 Å². The molecule has 0 saturated heterocycles. The number of rotatable bonds is 1. The number of hydrogen-bond acceptors (Lipinski definition) is 2. The minimum absolute atomic E-state index is 0.339. The van der Waals surface area contributed by atoms with E-state index in [0.717, 1.165) is 4.88 Å². The number of primary amides is 1. The Bertz CT molecular complexity index is 230. The Morgan fingerprint density at radius 1 is 1.55 bits per heavy atom. The van der Waals surface area contributed by atoms with Gasteiger partial charge in [-0.25, -0.2) is 0 Å². The van der Waals surface area contributed by atoms with Crippen molar-refractivity contribution in [1.82, 2.24) is 0 Å². The Labute approximate surface area is 71.0 Å². The first-order valence-corrected chi connectivity index (χ1v) is 4.43. The maximum atomic E-state index is 10.5. The smallest absolute Gasteiger partial charge is 0.249 e. The molecule has 3 heteroatoms. The summed E-state index contributed by atoms with van der Waals surface area (Å²) < 4.78 is 0. The van der Waals surface area contributed by atoms with Crippen molar-refractivity contribution in [1.29, 1.82) is 0 Å². The summed E-state index contributed by atoms with van der Waals surface area (Å²) in [5.74, 6) is -0.339. The zero-order valence-corrected chi connectivity index (χ0v) is 7.87. The van der Waals surface area contributed by atoms with Crippen LogP contribution < -0.4 is 5.73 Å². The highest BCUT2D eigenvalue weighted by Crippen LogP contribution is 2.13. The molecule has 1 aromatic rings. The number of hydrogen-bond donors (Lipinski definition) is 1. The van der Waals surface area contributed by atoms with Gasteiger partial charge >= 0.3 is 0 Å². The summed E-state index contributed by atoms with van der Waals surface area (Å²) in [6, 6.07) is 1.74. The number of carbonyl (C=O) groups excluding carboxylic acids is 1. The topological polar surface area (TPSA) is 43.1 Å². The molecule has 0 atom stereocenters. The van der Waals surface area contributed by atoms with Gasteiger partial charge in [0, 0.05) is 4.88 Å². The fourth-order valence-electron chi connectivity index (χ4n) is 0.641. The molecule has 0 aliphatic rings. The van der Waals surface area contributed by atoms with Crippen molar-refractivity contribution in [3.8, 4) is 0 Å². The van der Waals surface area contributed by atoms with Gasteiger partial charge in [0.15, 0.2) is 0 Å². The second-order valence-corrected chi connectivity index (χ2v) is 2.87. The first-order valence-electron chi connectivity index (χ1n) is 3.55. The Morgan fingerprint density at radius 3 is 2.27 bits per heavy atom. The van der Waals surface area contributed by atoms with E-state index < -0.39 is 0 Å². The highest BCUT2D eigenvalue weighted by Gasteiger charge is 2.03. The van der Waals surface area contributed by atoms with E-state index in [0.29, 0.717) is 5.56 Å². The molecule has 0 fully saturated rings. The van der Waals surface area contributed by atoms with Crippen molar-refractivity contribution in [2.24, 2.45) is 5.73 Å². The summed E-state index contributed by atoms with van der Waals surface area (Å²) in [5, 5.41) is 1.86. The van der Waals surface area contributed by atoms with Gasteiger partial charge in [-0.3, -0.25) is 4.79 Å². The molecule has 0 bridgehead atoms. The van der Waals surface area contributed by atoms with Crippen LogP contribution in [0.4, 0.5) is 0 Å². The predicted molar refractivity (Wildman–Crippen MR) is 48.9 cm³/mol. The van der Waals surface area contributed by atoms with Crippen LogP contribution >= 0.6 is 11.3 Å². The Balaban J connectivity index is 0.000000461. The summed E-state index contributed by atoms with van der Waals surface area (Å²) >= 11 is 1.53. The van der Waals surface area contributed by atoms with E-state index in [1.807, 2.05) is 26.2 Å². The Hall–Kier alpha value is -0.830. The number of amides is 1. The van der Waals surface area contributed by atoms with Crippen molar-refractivity contribution >= 4 is 17.2 Å². The third-order valence-corrected chi connectivity index (χ3v) is 1.97. The van der Waals surface area contributed by atoms with Crippen molar-refractivity contribution in [2.45, 2.75) is 20.8 Å². The van der Waals surface area contributed by atoms with Crippen LogP contribution in [0.1, 0.15) is 29.1 Å². The highest BCUT2D eigenvalue weighted by atomic mass is 32.1. The third kappa shape index (κ3) is 2.72. The molecule has 62 valence electrons. The lowest BCUT2D eigenvalue weighted by Gasteiger charge is -1.87. The first kappa shape index (κ1) is 10.2. The lowest BCUT2D eigenvalue weighted by Crippen LogP contribution is -2.10. The van der Waals surface area contributed by atoms with Crippen LogP contribution in [0.2, 0.25) is 0 Å². The summed E-state index contributed by atoms with van der Waals surface area (Å²) in [6.07, 6.45) is 0. The molecule has 1 rings (SSSR count). The van der Waals surface area contributed by atoms with Crippen molar-refractivity contribution in [3.63, 3.8) is 0 Å². The van der Waals surface area contributed by atoms with Gasteiger partial charge in [-0.15, -0.1) is 11.3 Å². The van der Waals surface area contributed by atoms with Gasteiger partial charge in [0.25, 0.3) is 0 Å². The van der Waals surface area contributed by atoms with E-state index in [2.05, 4.69) is 0 Å². The number of carbonyl (C=O) groups is 1. The summed E-state index contributed by atoms with van der Waals surface area (Å²) in [6.45, 7) is 5.88. The molecule has 1 heterocycles. The van der Waals surface area contributed by atoms with Gasteiger partial charge < -0.3 is 5.73 Å². The average Bonchev–Trinajstić information content (AvgIpc) is 2.39. The molecular weight excluding hydrogens is 158 g/mol. The summed E-state index contributed by atoms with van der Waals surface area (Å²) in [7, 11) is 0. The van der Waals surface area contributed by atoms with Crippen molar-refractivity contribution in [2.75, 3.05) is 0 Å². The molecule has 1 amide bonds. The van der Waals surface area contributed by atoms with Crippen LogP contribution in [0, 0.1) is 6.92 Å². The molecule has 2 N–H and O–H groups in total. The van der Waals surface area contributed by atoms with Crippen LogP contribution in [-0.2, 0) is 0 Å². The lowest BCUT2D eigenvalue weighted by atomic mass is 10.3. The molecule has 0 radical (unpaired) electrons. The minimum atomic E-state index is -0.339. The van der Waals surface area contributed by atoms with Crippen molar-refractivity contribution < 1.29 is 4.79 Å². The standard InChI is InChI=1S/C6H7NOS.C2H6/c1-4-5(6(7)8)2-3-9-4;1-2/h2-3H,1H3,(H2,7,8);1-2H3. The lowest BCUT2D eigenvalue weighted by molar-refractivity contribution is 0.100. The quantitative estimate of drug-likeness (QED) is 0.691. The summed E-state index contributed by atoms with van der Waals surface area (Å²) in [5.41, 5.74) is 5.67. The maximum Gasteiger partial charge on any atom is 0.249 e. The van der Waals surface area contributed by atoms with Crippen LogP contribution in [0.5, 0.6) is 0 Å². The fourth-order valence-corrected chi connectivity index (χ4v) is 1.34. The number of thiophene rings is 1. The molecule has 0 unspecified atom stereocenters. The van der Waals surface area contributed by atoms with Gasteiger partial charge in [-0.1, -0.05) is 13.8 Å². The van der Waals surface area contributed by atoms with Gasteiger partial charge in [0.2, 0.25) is 5.91 Å². The van der Waals surface area contributed by atoms with Crippen LogP contribution in [0.15, 0.2) is 11.4 Å². The summed E-state index contributed by atoms with van der Waals surface area (Å²) in [4.78, 5) is 11.5. The van der Waals surface area contributed by atoms with Crippen LogP contribution in [0.25, 0.3) is 0 Å². The minimum Gasteiger partial charge on any atom is -0.366 e. The molecule has 0 aliphatic heterocycles. The second-order valence-electron chi connectivity index (χ2n) is 1.75. The molecular formula is C8H13NOS. The first-order chi connectivity index (χ1) is 5.22. The highest BCUT2D eigenvalue weighted by molar-refractivity contribution is 7.10. The average molecular weight is 171 g/mol. The van der Waals surface area contributed by atoms with Crippen molar-refractivity contribution in [3.05, 3.63) is 21.9 Å². The SMILES string of the molecule is CC.Cc1sccc1C(N)=O. The largest absolute Gasteiger partial charge is 0.366 e. The fraction of sp³-hybridized carbons (Fsp3) is 0.375. The maximum absolute atomic E-state index is 10.5. The second kappa shape index (κ2) is 4.91. The normalized spacial score (nSPS) is 8.27. The third-order valence-electron chi connectivity index (χ3n) is 1.12. The monoisotopic (exact) mass is 171 g/mol. The molecule has 0 saturated carbocycles. The molecule has 0 spiro atoms. The molecule has 1 aromatic heterocycles. The molecule has 0 aliphatic carbocycles. The van der Waals surface area contributed by atoms with E-state index >= 15 is 0 Å². The predicted octanol–water partition coefficient (Wildman–Crippen LogP) is 2.18. The van der Waals surface area contributed by atoms with Gasteiger partial charge in [0.1, 0.15) is 0 Å². The number of aryl methyl sites for hydroxylation is 1. The van der Waals surface area contributed by atoms with Gasteiger partial charge in [0.05, 0.1) is 5.56 Å². The van der Waals surface area contributed by atoms with Gasteiger partial charge in [-0.05, 0) is 18.4 Å². The zero-order valence-electron chi connectivity index (χ0n) is 7.05.